The van der Waals surface area contributed by atoms with Crippen LogP contribution in [0.3, 0.4) is 0 Å². The molecular formula is C29H33BrN2O3. The van der Waals surface area contributed by atoms with Crippen molar-refractivity contribution in [3.05, 3.63) is 99.5 Å². The molecule has 0 saturated heterocycles. The number of aryl methyl sites for hydroxylation is 2. The quantitative estimate of drug-likeness (QED) is 0.366. The summed E-state index contributed by atoms with van der Waals surface area (Å²) in [6.45, 7) is 7.98. The zero-order chi connectivity index (χ0) is 25.4. The third-order valence-electron chi connectivity index (χ3n) is 5.67. The third-order valence-corrected chi connectivity index (χ3v) is 6.56. The van der Waals surface area contributed by atoms with E-state index in [4.69, 9.17) is 4.74 Å². The Hall–Kier alpha value is -3.12. The van der Waals surface area contributed by atoms with Gasteiger partial charge in [0.05, 0.1) is 0 Å². The summed E-state index contributed by atoms with van der Waals surface area (Å²) in [7, 11) is 0. The SMILES string of the molecule is Cc1ccc(CN(C(=O)COc2ccc(Br)c(C)c2)C(Cc2ccccc2)C(=O)NC(C)C)cc1. The fraction of sp³-hybridized carbons (Fsp3) is 0.310. The van der Waals surface area contributed by atoms with Crippen molar-refractivity contribution in [3.8, 4) is 5.75 Å². The molecule has 0 saturated carbocycles. The molecule has 1 unspecified atom stereocenters. The van der Waals surface area contributed by atoms with E-state index in [2.05, 4.69) is 21.2 Å². The third kappa shape index (κ3) is 7.96. The molecule has 0 aliphatic heterocycles. The van der Waals surface area contributed by atoms with E-state index in [0.29, 0.717) is 18.7 Å². The number of ether oxygens (including phenoxy) is 1. The van der Waals surface area contributed by atoms with Gasteiger partial charge >= 0.3 is 0 Å². The molecule has 0 aliphatic rings. The Kier molecular flexibility index (Phi) is 9.49. The van der Waals surface area contributed by atoms with Gasteiger partial charge in [0.25, 0.3) is 5.91 Å². The highest BCUT2D eigenvalue weighted by atomic mass is 79.9. The normalized spacial score (nSPS) is 11.7. The minimum atomic E-state index is -0.677. The summed E-state index contributed by atoms with van der Waals surface area (Å²) in [5.41, 5.74) is 4.10. The minimum absolute atomic E-state index is 0.0425. The van der Waals surface area contributed by atoms with Gasteiger partial charge in [-0.05, 0) is 62.6 Å². The first kappa shape index (κ1) is 26.5. The molecule has 0 fully saturated rings. The first-order chi connectivity index (χ1) is 16.7. The Bertz CT molecular complexity index is 1130. The van der Waals surface area contributed by atoms with Crippen molar-refractivity contribution in [1.29, 1.82) is 0 Å². The van der Waals surface area contributed by atoms with Gasteiger partial charge in [-0.1, -0.05) is 76.1 Å². The fourth-order valence-electron chi connectivity index (χ4n) is 3.76. The van der Waals surface area contributed by atoms with E-state index >= 15 is 0 Å². The van der Waals surface area contributed by atoms with Gasteiger partial charge in [0, 0.05) is 23.5 Å². The summed E-state index contributed by atoms with van der Waals surface area (Å²) in [4.78, 5) is 28.6. The predicted octanol–water partition coefficient (Wildman–Crippen LogP) is 5.61. The Morgan fingerprint density at radius 1 is 0.943 bits per heavy atom. The second-order valence-corrected chi connectivity index (χ2v) is 9.93. The maximum Gasteiger partial charge on any atom is 0.261 e. The number of rotatable bonds is 10. The summed E-state index contributed by atoms with van der Waals surface area (Å²) in [6, 6.07) is 22.7. The molecular weight excluding hydrogens is 504 g/mol. The van der Waals surface area contributed by atoms with E-state index in [1.54, 1.807) is 4.90 Å². The summed E-state index contributed by atoms with van der Waals surface area (Å²) in [6.07, 6.45) is 0.411. The van der Waals surface area contributed by atoms with Crippen LogP contribution in [-0.4, -0.2) is 35.4 Å². The number of hydrogen-bond acceptors (Lipinski definition) is 3. The van der Waals surface area contributed by atoms with E-state index in [-0.39, 0.29) is 24.5 Å². The fourth-order valence-corrected chi connectivity index (χ4v) is 4.01. The Morgan fingerprint density at radius 2 is 1.63 bits per heavy atom. The van der Waals surface area contributed by atoms with Gasteiger partial charge in [0.1, 0.15) is 11.8 Å². The summed E-state index contributed by atoms with van der Waals surface area (Å²) >= 11 is 3.49. The maximum atomic E-state index is 13.6. The molecule has 0 aromatic heterocycles. The number of carbonyl (C=O) groups excluding carboxylic acids is 2. The number of nitrogens with zero attached hydrogens (tertiary/aromatic N) is 1. The molecule has 3 rings (SSSR count). The summed E-state index contributed by atoms with van der Waals surface area (Å²) in [5, 5.41) is 3.00. The highest BCUT2D eigenvalue weighted by Crippen LogP contribution is 2.22. The number of hydrogen-bond donors (Lipinski definition) is 1. The van der Waals surface area contributed by atoms with Crippen LogP contribution in [0.5, 0.6) is 5.75 Å². The van der Waals surface area contributed by atoms with Crippen molar-refractivity contribution in [2.75, 3.05) is 6.61 Å². The lowest BCUT2D eigenvalue weighted by molar-refractivity contribution is -0.143. The smallest absolute Gasteiger partial charge is 0.261 e. The van der Waals surface area contributed by atoms with E-state index in [9.17, 15) is 9.59 Å². The van der Waals surface area contributed by atoms with E-state index < -0.39 is 6.04 Å². The summed E-state index contributed by atoms with van der Waals surface area (Å²) in [5.74, 6) is 0.190. The first-order valence-corrected chi connectivity index (χ1v) is 12.6. The molecule has 5 nitrogen and oxygen atoms in total. The van der Waals surface area contributed by atoms with E-state index in [1.807, 2.05) is 100 Å². The number of nitrogens with one attached hydrogen (secondary N) is 1. The molecule has 0 heterocycles. The van der Waals surface area contributed by atoms with Gasteiger partial charge < -0.3 is 15.0 Å². The van der Waals surface area contributed by atoms with Crippen molar-refractivity contribution in [3.63, 3.8) is 0 Å². The average Bonchev–Trinajstić information content (AvgIpc) is 2.83. The van der Waals surface area contributed by atoms with Crippen LogP contribution < -0.4 is 10.1 Å². The molecule has 184 valence electrons. The molecule has 0 radical (unpaired) electrons. The number of amides is 2. The standard InChI is InChI=1S/C29H33BrN2O3/c1-20(2)31-29(34)27(17-23-8-6-5-7-9-23)32(18-24-12-10-21(3)11-13-24)28(33)19-35-25-14-15-26(30)22(4)16-25/h5-16,20,27H,17-19H2,1-4H3,(H,31,34). The number of benzene rings is 3. The van der Waals surface area contributed by atoms with Crippen molar-refractivity contribution in [2.24, 2.45) is 0 Å². The van der Waals surface area contributed by atoms with Gasteiger partial charge in [-0.15, -0.1) is 0 Å². The second-order valence-electron chi connectivity index (χ2n) is 9.08. The Morgan fingerprint density at radius 3 is 2.26 bits per heavy atom. The van der Waals surface area contributed by atoms with Gasteiger partial charge in [-0.25, -0.2) is 0 Å². The molecule has 1 atom stereocenters. The highest BCUT2D eigenvalue weighted by Gasteiger charge is 2.31. The van der Waals surface area contributed by atoms with Crippen LogP contribution in [0.15, 0.2) is 77.3 Å². The monoisotopic (exact) mass is 536 g/mol. The molecule has 3 aromatic rings. The maximum absolute atomic E-state index is 13.6. The van der Waals surface area contributed by atoms with Crippen LogP contribution in [0.2, 0.25) is 0 Å². The van der Waals surface area contributed by atoms with Gasteiger partial charge in [0.15, 0.2) is 6.61 Å². The van der Waals surface area contributed by atoms with Crippen molar-refractivity contribution in [2.45, 2.75) is 52.7 Å². The topological polar surface area (TPSA) is 58.6 Å². The van der Waals surface area contributed by atoms with Crippen LogP contribution in [-0.2, 0) is 22.6 Å². The number of halogens is 1. The molecule has 1 N–H and O–H groups in total. The molecule has 6 heteroatoms. The molecule has 0 aliphatic carbocycles. The second kappa shape index (κ2) is 12.5. The molecule has 0 spiro atoms. The van der Waals surface area contributed by atoms with E-state index in [1.165, 1.54) is 0 Å². The van der Waals surface area contributed by atoms with E-state index in [0.717, 1.165) is 26.7 Å². The van der Waals surface area contributed by atoms with Gasteiger partial charge in [0.2, 0.25) is 5.91 Å². The molecule has 2 amide bonds. The van der Waals surface area contributed by atoms with Crippen molar-refractivity contribution < 1.29 is 14.3 Å². The molecule has 0 bridgehead atoms. The predicted molar refractivity (Wildman–Crippen MR) is 143 cm³/mol. The van der Waals surface area contributed by atoms with Crippen LogP contribution in [0.4, 0.5) is 0 Å². The zero-order valence-corrected chi connectivity index (χ0v) is 22.3. The lowest BCUT2D eigenvalue weighted by Crippen LogP contribution is -2.52. The Labute approximate surface area is 216 Å². The minimum Gasteiger partial charge on any atom is -0.484 e. The lowest BCUT2D eigenvalue weighted by Gasteiger charge is -2.32. The largest absolute Gasteiger partial charge is 0.484 e. The Balaban J connectivity index is 1.90. The van der Waals surface area contributed by atoms with Crippen molar-refractivity contribution >= 4 is 27.7 Å². The molecule has 35 heavy (non-hydrogen) atoms. The zero-order valence-electron chi connectivity index (χ0n) is 20.8. The van der Waals surface area contributed by atoms with Crippen LogP contribution in [0.25, 0.3) is 0 Å². The number of carbonyl (C=O) groups is 2. The van der Waals surface area contributed by atoms with Crippen LogP contribution in [0.1, 0.15) is 36.1 Å². The van der Waals surface area contributed by atoms with Crippen LogP contribution in [0, 0.1) is 13.8 Å². The average molecular weight is 537 g/mol. The lowest BCUT2D eigenvalue weighted by atomic mass is 10.0. The molecule has 3 aromatic carbocycles. The highest BCUT2D eigenvalue weighted by molar-refractivity contribution is 9.10. The van der Waals surface area contributed by atoms with Gasteiger partial charge in [-0.2, -0.15) is 0 Å². The van der Waals surface area contributed by atoms with Crippen molar-refractivity contribution in [1.82, 2.24) is 10.2 Å². The van der Waals surface area contributed by atoms with Crippen LogP contribution >= 0.6 is 15.9 Å². The summed E-state index contributed by atoms with van der Waals surface area (Å²) < 4.78 is 6.84. The first-order valence-electron chi connectivity index (χ1n) is 11.8. The van der Waals surface area contributed by atoms with Gasteiger partial charge in [-0.3, -0.25) is 9.59 Å².